The molecule has 4 atom stereocenters. The van der Waals surface area contributed by atoms with Gasteiger partial charge in [-0.1, -0.05) is 12.1 Å². The van der Waals surface area contributed by atoms with Gasteiger partial charge < -0.3 is 5.32 Å². The predicted molar refractivity (Wildman–Crippen MR) is 69.6 cm³/mol. The average molecular weight is 256 g/mol. The smallest absolute Gasteiger partial charge is 0.145 e. The van der Waals surface area contributed by atoms with Crippen LogP contribution in [0.4, 0.5) is 4.39 Å². The van der Waals surface area contributed by atoms with E-state index in [9.17, 15) is 4.39 Å². The van der Waals surface area contributed by atoms with Gasteiger partial charge in [-0.15, -0.1) is 0 Å². The summed E-state index contributed by atoms with van der Waals surface area (Å²) in [7, 11) is 0. The molecule has 19 heavy (non-hydrogen) atoms. The third kappa shape index (κ3) is 1.63. The lowest BCUT2D eigenvalue weighted by atomic mass is 10.0. The van der Waals surface area contributed by atoms with Gasteiger partial charge in [0.15, 0.2) is 0 Å². The van der Waals surface area contributed by atoms with Crippen LogP contribution in [0.15, 0.2) is 18.2 Å². The number of halogens is 1. The zero-order valence-electron chi connectivity index (χ0n) is 10.8. The summed E-state index contributed by atoms with van der Waals surface area (Å²) in [6.07, 6.45) is 4.25. The summed E-state index contributed by atoms with van der Waals surface area (Å²) in [5, 5.41) is 12.3. The van der Waals surface area contributed by atoms with E-state index in [0.717, 1.165) is 23.7 Å². The summed E-state index contributed by atoms with van der Waals surface area (Å²) in [5.74, 6) is 3.23. The van der Waals surface area contributed by atoms with Crippen LogP contribution >= 0.6 is 0 Å². The highest BCUT2D eigenvalue weighted by Gasteiger charge is 2.64. The van der Waals surface area contributed by atoms with E-state index in [1.165, 1.54) is 25.3 Å². The first-order valence-corrected chi connectivity index (χ1v) is 7.20. The van der Waals surface area contributed by atoms with E-state index in [1.54, 1.807) is 12.1 Å². The van der Waals surface area contributed by atoms with Gasteiger partial charge in [-0.3, -0.25) is 0 Å². The second-order valence-corrected chi connectivity index (χ2v) is 6.29. The van der Waals surface area contributed by atoms with E-state index in [4.69, 9.17) is 5.26 Å². The Morgan fingerprint density at radius 2 is 2.00 bits per heavy atom. The van der Waals surface area contributed by atoms with Crippen LogP contribution in [0.5, 0.6) is 0 Å². The van der Waals surface area contributed by atoms with Crippen molar-refractivity contribution in [2.45, 2.75) is 31.8 Å². The van der Waals surface area contributed by atoms with E-state index >= 15 is 0 Å². The highest BCUT2D eigenvalue weighted by molar-refractivity contribution is 5.35. The maximum absolute atomic E-state index is 13.9. The van der Waals surface area contributed by atoms with E-state index in [-0.39, 0.29) is 11.4 Å². The van der Waals surface area contributed by atoms with Crippen LogP contribution in [-0.2, 0) is 6.54 Å². The van der Waals surface area contributed by atoms with E-state index in [1.807, 2.05) is 6.07 Å². The molecule has 0 amide bonds. The zero-order chi connectivity index (χ0) is 13.0. The number of nitriles is 1. The van der Waals surface area contributed by atoms with E-state index in [2.05, 4.69) is 5.32 Å². The minimum Gasteiger partial charge on any atom is -0.309 e. The molecule has 3 aliphatic carbocycles. The third-order valence-corrected chi connectivity index (χ3v) is 5.46. The Kier molecular flexibility index (Phi) is 2.43. The second kappa shape index (κ2) is 4.05. The number of hydrogen-bond donors (Lipinski definition) is 1. The predicted octanol–water partition coefficient (Wildman–Crippen LogP) is 2.83. The number of nitrogens with zero attached hydrogens (tertiary/aromatic N) is 1. The summed E-state index contributed by atoms with van der Waals surface area (Å²) in [4.78, 5) is 0. The minimum absolute atomic E-state index is 0.148. The first kappa shape index (κ1) is 11.4. The molecule has 3 fully saturated rings. The molecule has 1 aromatic carbocycles. The van der Waals surface area contributed by atoms with Crippen molar-refractivity contribution in [3.8, 4) is 6.07 Å². The van der Waals surface area contributed by atoms with Crippen LogP contribution < -0.4 is 5.32 Å². The molecule has 1 N–H and O–H groups in total. The Bertz CT molecular complexity index is 546. The second-order valence-electron chi connectivity index (χ2n) is 6.29. The number of hydrogen-bond acceptors (Lipinski definition) is 2. The van der Waals surface area contributed by atoms with Crippen molar-refractivity contribution in [1.82, 2.24) is 5.32 Å². The SMILES string of the molecule is N#Cc1cccc(CNC2C3C4CCC(C4)C23)c1F. The molecule has 3 heteroatoms. The third-order valence-electron chi connectivity index (χ3n) is 5.46. The van der Waals surface area contributed by atoms with Crippen molar-refractivity contribution in [2.24, 2.45) is 23.7 Å². The van der Waals surface area contributed by atoms with Crippen LogP contribution in [0, 0.1) is 40.8 Å². The fourth-order valence-corrected chi connectivity index (χ4v) is 4.63. The monoisotopic (exact) mass is 256 g/mol. The summed E-state index contributed by atoms with van der Waals surface area (Å²) in [6, 6.07) is 7.57. The van der Waals surface area contributed by atoms with Gasteiger partial charge in [0.2, 0.25) is 0 Å². The number of fused-ring (bicyclic) bond motifs is 5. The number of benzene rings is 1. The molecule has 4 unspecified atom stereocenters. The molecule has 0 saturated heterocycles. The van der Waals surface area contributed by atoms with Crippen molar-refractivity contribution in [3.05, 3.63) is 35.1 Å². The van der Waals surface area contributed by atoms with Crippen molar-refractivity contribution < 1.29 is 4.39 Å². The summed E-state index contributed by atoms with van der Waals surface area (Å²) >= 11 is 0. The highest BCUT2D eigenvalue weighted by Crippen LogP contribution is 2.65. The number of rotatable bonds is 3. The van der Waals surface area contributed by atoms with Gasteiger partial charge in [0, 0.05) is 18.2 Å². The maximum Gasteiger partial charge on any atom is 0.145 e. The topological polar surface area (TPSA) is 35.8 Å². The summed E-state index contributed by atoms with van der Waals surface area (Å²) < 4.78 is 13.9. The minimum atomic E-state index is -0.355. The lowest BCUT2D eigenvalue weighted by molar-refractivity contribution is 0.456. The Labute approximate surface area is 112 Å². The summed E-state index contributed by atoms with van der Waals surface area (Å²) in [6.45, 7) is 0.554. The van der Waals surface area contributed by atoms with Crippen LogP contribution in [-0.4, -0.2) is 6.04 Å². The van der Waals surface area contributed by atoms with Gasteiger partial charge in [0.1, 0.15) is 11.9 Å². The lowest BCUT2D eigenvalue weighted by Crippen LogP contribution is -2.23. The average Bonchev–Trinajstić information content (AvgIpc) is 2.81. The molecule has 2 bridgehead atoms. The molecule has 0 aliphatic heterocycles. The molecular weight excluding hydrogens is 239 g/mol. The van der Waals surface area contributed by atoms with Crippen LogP contribution in [0.3, 0.4) is 0 Å². The normalized spacial score (nSPS) is 38.0. The van der Waals surface area contributed by atoms with Crippen molar-refractivity contribution >= 4 is 0 Å². The molecule has 4 rings (SSSR count). The Balaban J connectivity index is 1.43. The van der Waals surface area contributed by atoms with Gasteiger partial charge in [0.05, 0.1) is 5.56 Å². The molecule has 0 aromatic heterocycles. The van der Waals surface area contributed by atoms with Gasteiger partial charge >= 0.3 is 0 Å². The molecular formula is C16H17FN2. The summed E-state index contributed by atoms with van der Waals surface area (Å²) in [5.41, 5.74) is 0.770. The van der Waals surface area contributed by atoms with E-state index in [0.29, 0.717) is 18.2 Å². The molecule has 0 heterocycles. The Hall–Kier alpha value is -1.40. The molecule has 3 aliphatic rings. The fourth-order valence-electron chi connectivity index (χ4n) is 4.63. The molecule has 0 spiro atoms. The first-order valence-electron chi connectivity index (χ1n) is 7.20. The van der Waals surface area contributed by atoms with Crippen molar-refractivity contribution in [1.29, 1.82) is 5.26 Å². The number of nitrogens with one attached hydrogen (secondary N) is 1. The Morgan fingerprint density at radius 3 is 2.68 bits per heavy atom. The maximum atomic E-state index is 13.9. The molecule has 2 nitrogen and oxygen atoms in total. The van der Waals surface area contributed by atoms with Crippen molar-refractivity contribution in [3.63, 3.8) is 0 Å². The first-order chi connectivity index (χ1) is 9.29. The standard InChI is InChI=1S/C16H17FN2/c17-15-11(7-18)2-1-3-12(15)8-19-16-13-9-4-5-10(6-9)14(13)16/h1-3,9-10,13-14,16,19H,4-6,8H2. The van der Waals surface area contributed by atoms with Gasteiger partial charge in [-0.2, -0.15) is 5.26 Å². The largest absolute Gasteiger partial charge is 0.309 e. The van der Waals surface area contributed by atoms with E-state index < -0.39 is 0 Å². The van der Waals surface area contributed by atoms with Gasteiger partial charge in [-0.05, 0) is 49.0 Å². The van der Waals surface area contributed by atoms with Gasteiger partial charge in [-0.25, -0.2) is 4.39 Å². The van der Waals surface area contributed by atoms with Crippen LogP contribution in [0.2, 0.25) is 0 Å². The highest BCUT2D eigenvalue weighted by atomic mass is 19.1. The lowest BCUT2D eigenvalue weighted by Gasteiger charge is -2.11. The van der Waals surface area contributed by atoms with Crippen LogP contribution in [0.1, 0.15) is 30.4 Å². The molecule has 1 aromatic rings. The molecule has 3 saturated carbocycles. The molecule has 0 radical (unpaired) electrons. The zero-order valence-corrected chi connectivity index (χ0v) is 10.8. The fraction of sp³-hybridized carbons (Fsp3) is 0.562. The molecule has 98 valence electrons. The Morgan fingerprint density at radius 1 is 1.26 bits per heavy atom. The quantitative estimate of drug-likeness (QED) is 0.902. The van der Waals surface area contributed by atoms with Gasteiger partial charge in [0.25, 0.3) is 0 Å². The van der Waals surface area contributed by atoms with Crippen LogP contribution in [0.25, 0.3) is 0 Å². The van der Waals surface area contributed by atoms with Crippen molar-refractivity contribution in [2.75, 3.05) is 0 Å².